The van der Waals surface area contributed by atoms with Crippen LogP contribution in [0.4, 0.5) is 0 Å². The molecule has 18 heavy (non-hydrogen) atoms. The van der Waals surface area contributed by atoms with E-state index < -0.39 is 0 Å². The molecule has 2 rings (SSSR count). The minimum absolute atomic E-state index is 0.239. The van der Waals surface area contributed by atoms with Gasteiger partial charge < -0.3 is 15.0 Å². The average molecular weight is 312 g/mol. The van der Waals surface area contributed by atoms with Crippen LogP contribution in [0.2, 0.25) is 0 Å². The molecule has 0 saturated heterocycles. The van der Waals surface area contributed by atoms with Gasteiger partial charge in [0.2, 0.25) is 0 Å². The van der Waals surface area contributed by atoms with E-state index in [4.69, 9.17) is 15.0 Å². The number of nitrogens with zero attached hydrogens (tertiary/aromatic N) is 2. The molecule has 96 valence electrons. The Balaban J connectivity index is 2.10. The number of rotatable bonds is 5. The zero-order chi connectivity index (χ0) is 13.0. The Morgan fingerprint density at radius 2 is 2.28 bits per heavy atom. The number of hydrogen-bond acceptors (Lipinski definition) is 5. The summed E-state index contributed by atoms with van der Waals surface area (Å²) in [5.74, 6) is 1.86. The summed E-state index contributed by atoms with van der Waals surface area (Å²) in [6.07, 6.45) is 0.743. The van der Waals surface area contributed by atoms with Crippen molar-refractivity contribution < 1.29 is 9.26 Å². The Kier molecular flexibility index (Phi) is 4.33. The molecule has 2 N–H and O–H groups in total. The summed E-state index contributed by atoms with van der Waals surface area (Å²) in [5.41, 5.74) is 6.59. The van der Waals surface area contributed by atoms with E-state index in [0.717, 1.165) is 22.2 Å². The molecule has 0 saturated carbocycles. The van der Waals surface area contributed by atoms with Gasteiger partial charge in [0.05, 0.1) is 4.47 Å². The highest BCUT2D eigenvalue weighted by atomic mass is 79.9. The standard InChI is InChI=1S/C12H14BrN3O2/c1-2-10-15-11(18-16-10)7-17-12-8(6-14)4-3-5-9(12)13/h3-5H,2,6-7,14H2,1H3. The van der Waals surface area contributed by atoms with Crippen molar-refractivity contribution in [1.29, 1.82) is 0 Å². The fourth-order valence-electron chi connectivity index (χ4n) is 1.50. The number of hydrogen-bond donors (Lipinski definition) is 1. The quantitative estimate of drug-likeness (QED) is 0.918. The first kappa shape index (κ1) is 13.0. The molecule has 0 aliphatic rings. The van der Waals surface area contributed by atoms with E-state index in [1.54, 1.807) is 0 Å². The number of ether oxygens (including phenoxy) is 1. The zero-order valence-corrected chi connectivity index (χ0v) is 11.6. The van der Waals surface area contributed by atoms with Crippen LogP contribution in [0.15, 0.2) is 27.2 Å². The van der Waals surface area contributed by atoms with Crippen LogP contribution in [0.1, 0.15) is 24.2 Å². The van der Waals surface area contributed by atoms with E-state index in [1.165, 1.54) is 0 Å². The molecule has 1 aromatic carbocycles. The van der Waals surface area contributed by atoms with E-state index in [2.05, 4.69) is 26.1 Å². The number of nitrogens with two attached hydrogens (primary N) is 1. The molecular formula is C12H14BrN3O2. The predicted octanol–water partition coefficient (Wildman–Crippen LogP) is 2.43. The Bertz CT molecular complexity index is 528. The van der Waals surface area contributed by atoms with Crippen molar-refractivity contribution in [3.63, 3.8) is 0 Å². The average Bonchev–Trinajstić information content (AvgIpc) is 2.85. The van der Waals surface area contributed by atoms with Crippen molar-refractivity contribution in [3.05, 3.63) is 40.0 Å². The van der Waals surface area contributed by atoms with Crippen LogP contribution in [0.3, 0.4) is 0 Å². The maximum Gasteiger partial charge on any atom is 0.264 e. The Morgan fingerprint density at radius 1 is 1.44 bits per heavy atom. The number of para-hydroxylation sites is 1. The van der Waals surface area contributed by atoms with Crippen molar-refractivity contribution >= 4 is 15.9 Å². The number of benzene rings is 1. The first-order valence-corrected chi connectivity index (χ1v) is 6.45. The molecule has 0 radical (unpaired) electrons. The van der Waals surface area contributed by atoms with Gasteiger partial charge in [-0.2, -0.15) is 4.98 Å². The van der Waals surface area contributed by atoms with Gasteiger partial charge in [-0.05, 0) is 22.0 Å². The maximum atomic E-state index is 5.68. The van der Waals surface area contributed by atoms with E-state index in [0.29, 0.717) is 18.3 Å². The monoisotopic (exact) mass is 311 g/mol. The molecular weight excluding hydrogens is 298 g/mol. The number of halogens is 1. The molecule has 1 aromatic heterocycles. The summed E-state index contributed by atoms with van der Waals surface area (Å²) in [5, 5.41) is 3.81. The lowest BCUT2D eigenvalue weighted by Crippen LogP contribution is -2.03. The largest absolute Gasteiger partial charge is 0.482 e. The van der Waals surface area contributed by atoms with E-state index >= 15 is 0 Å². The van der Waals surface area contributed by atoms with Gasteiger partial charge in [-0.25, -0.2) is 0 Å². The van der Waals surface area contributed by atoms with Crippen LogP contribution in [0, 0.1) is 0 Å². The minimum Gasteiger partial charge on any atom is -0.482 e. The van der Waals surface area contributed by atoms with Gasteiger partial charge >= 0.3 is 0 Å². The SMILES string of the molecule is CCc1noc(COc2c(Br)cccc2CN)n1. The highest BCUT2D eigenvalue weighted by Crippen LogP contribution is 2.29. The van der Waals surface area contributed by atoms with E-state index in [-0.39, 0.29) is 6.61 Å². The lowest BCUT2D eigenvalue weighted by Gasteiger charge is -2.10. The molecule has 0 fully saturated rings. The van der Waals surface area contributed by atoms with Crippen LogP contribution >= 0.6 is 15.9 Å². The summed E-state index contributed by atoms with van der Waals surface area (Å²) in [6, 6.07) is 5.74. The molecule has 0 bridgehead atoms. The number of aromatic nitrogens is 2. The van der Waals surface area contributed by atoms with Crippen molar-refractivity contribution in [2.75, 3.05) is 0 Å². The van der Waals surface area contributed by atoms with E-state index in [9.17, 15) is 0 Å². The molecule has 6 heteroatoms. The maximum absolute atomic E-state index is 5.68. The molecule has 0 amide bonds. The summed E-state index contributed by atoms with van der Waals surface area (Å²) in [6.45, 7) is 2.62. The van der Waals surface area contributed by atoms with Crippen molar-refractivity contribution in [3.8, 4) is 5.75 Å². The van der Waals surface area contributed by atoms with Crippen LogP contribution < -0.4 is 10.5 Å². The minimum atomic E-state index is 0.239. The third-order valence-corrected chi connectivity index (χ3v) is 3.06. The van der Waals surface area contributed by atoms with Crippen molar-refractivity contribution in [1.82, 2.24) is 10.1 Å². The highest BCUT2D eigenvalue weighted by molar-refractivity contribution is 9.10. The first-order valence-electron chi connectivity index (χ1n) is 5.66. The summed E-state index contributed by atoms with van der Waals surface area (Å²) >= 11 is 3.43. The smallest absolute Gasteiger partial charge is 0.264 e. The van der Waals surface area contributed by atoms with Gasteiger partial charge in [-0.15, -0.1) is 0 Å². The van der Waals surface area contributed by atoms with Gasteiger partial charge in [0.15, 0.2) is 12.4 Å². The normalized spacial score (nSPS) is 10.6. The van der Waals surface area contributed by atoms with Crippen molar-refractivity contribution in [2.24, 2.45) is 5.73 Å². The molecule has 0 aliphatic heterocycles. The van der Waals surface area contributed by atoms with E-state index in [1.807, 2.05) is 25.1 Å². The molecule has 0 spiro atoms. The molecule has 0 atom stereocenters. The summed E-state index contributed by atoms with van der Waals surface area (Å²) in [4.78, 5) is 4.18. The number of aryl methyl sites for hydroxylation is 1. The third-order valence-electron chi connectivity index (χ3n) is 2.43. The van der Waals surface area contributed by atoms with Gasteiger partial charge in [-0.1, -0.05) is 24.2 Å². The second-order valence-corrected chi connectivity index (χ2v) is 4.53. The van der Waals surface area contributed by atoms with Crippen LogP contribution in [0.25, 0.3) is 0 Å². The van der Waals surface area contributed by atoms with Crippen LogP contribution in [0.5, 0.6) is 5.75 Å². The molecule has 0 aliphatic carbocycles. The fraction of sp³-hybridized carbons (Fsp3) is 0.333. The van der Waals surface area contributed by atoms with Crippen molar-refractivity contribution in [2.45, 2.75) is 26.5 Å². The second-order valence-electron chi connectivity index (χ2n) is 3.68. The van der Waals surface area contributed by atoms with Gasteiger partial charge in [0.25, 0.3) is 5.89 Å². The Morgan fingerprint density at radius 3 is 2.94 bits per heavy atom. The third kappa shape index (κ3) is 2.88. The summed E-state index contributed by atoms with van der Waals surface area (Å²) in [7, 11) is 0. The topological polar surface area (TPSA) is 74.2 Å². The second kappa shape index (κ2) is 5.97. The lowest BCUT2D eigenvalue weighted by atomic mass is 10.2. The Hall–Kier alpha value is -1.40. The fourth-order valence-corrected chi connectivity index (χ4v) is 2.02. The van der Waals surface area contributed by atoms with Gasteiger partial charge in [-0.3, -0.25) is 0 Å². The van der Waals surface area contributed by atoms with Gasteiger partial charge in [0.1, 0.15) is 5.75 Å². The van der Waals surface area contributed by atoms with Crippen LogP contribution in [-0.4, -0.2) is 10.1 Å². The zero-order valence-electron chi connectivity index (χ0n) is 10.0. The first-order chi connectivity index (χ1) is 8.74. The van der Waals surface area contributed by atoms with Crippen LogP contribution in [-0.2, 0) is 19.6 Å². The highest BCUT2D eigenvalue weighted by Gasteiger charge is 2.10. The Labute approximate surface area is 113 Å². The lowest BCUT2D eigenvalue weighted by molar-refractivity contribution is 0.239. The predicted molar refractivity (Wildman–Crippen MR) is 70.0 cm³/mol. The van der Waals surface area contributed by atoms with Gasteiger partial charge in [0, 0.05) is 18.5 Å². The molecule has 1 heterocycles. The molecule has 2 aromatic rings. The molecule has 5 nitrogen and oxygen atoms in total. The summed E-state index contributed by atoms with van der Waals surface area (Å²) < 4.78 is 11.6. The molecule has 0 unspecified atom stereocenters.